The van der Waals surface area contributed by atoms with Crippen LogP contribution in [0.1, 0.15) is 0 Å². The Morgan fingerprint density at radius 2 is 2.13 bits per heavy atom. The van der Waals surface area contributed by atoms with Gasteiger partial charge in [0.05, 0.1) is 9.86 Å². The number of thiol groups is 1. The van der Waals surface area contributed by atoms with Gasteiger partial charge < -0.3 is 5.11 Å². The average molecular weight is 401 g/mol. The predicted octanol–water partition coefficient (Wildman–Crippen LogP) is 3.13. The molecule has 0 saturated carbocycles. The normalized spacial score (nSPS) is 10.9. The Hall–Kier alpha value is -0.150. The molecule has 0 atom stereocenters. The zero-order valence-electron chi connectivity index (χ0n) is 7.00. The Balaban J connectivity index is 2.98. The quantitative estimate of drug-likeness (QED) is 0.309. The number of benzene rings is 1. The van der Waals surface area contributed by atoms with E-state index in [4.69, 9.17) is 0 Å². The molecular weight excluding hydrogens is 398 g/mol. The molecule has 15 heavy (non-hydrogen) atoms. The summed E-state index contributed by atoms with van der Waals surface area (Å²) in [7, 11) is 0. The lowest BCUT2D eigenvalue weighted by atomic mass is 10.2. The molecule has 0 bridgehead atoms. The van der Waals surface area contributed by atoms with Gasteiger partial charge in [0.15, 0.2) is 11.0 Å². The second-order valence-electron chi connectivity index (χ2n) is 2.73. The minimum atomic E-state index is -0.523. The molecule has 0 fully saturated rings. The van der Waals surface area contributed by atoms with Gasteiger partial charge in [-0.1, -0.05) is 0 Å². The molecule has 0 radical (unpaired) electrons. The van der Waals surface area contributed by atoms with Crippen LogP contribution in [0.25, 0.3) is 10.9 Å². The maximum atomic E-state index is 13.7. The van der Waals surface area contributed by atoms with E-state index in [1.54, 1.807) is 6.07 Å². The van der Waals surface area contributed by atoms with Crippen molar-refractivity contribution in [2.45, 2.75) is 5.16 Å². The summed E-state index contributed by atoms with van der Waals surface area (Å²) < 4.78 is 14.7. The number of nitrogens with zero attached hydrogens (tertiary/aromatic N) is 2. The van der Waals surface area contributed by atoms with Crippen LogP contribution in [-0.2, 0) is 0 Å². The fourth-order valence-electron chi connectivity index (χ4n) is 1.15. The van der Waals surface area contributed by atoms with Crippen molar-refractivity contribution in [1.29, 1.82) is 0 Å². The summed E-state index contributed by atoms with van der Waals surface area (Å²) in [6, 6.07) is 1.60. The molecule has 2 rings (SSSR count). The summed E-state index contributed by atoms with van der Waals surface area (Å²) in [5, 5.41) is 9.82. The van der Waals surface area contributed by atoms with E-state index in [0.717, 1.165) is 0 Å². The molecule has 2 aromatic rings. The zero-order chi connectivity index (χ0) is 11.2. The van der Waals surface area contributed by atoms with Crippen LogP contribution in [0.15, 0.2) is 15.7 Å². The first-order valence-corrected chi connectivity index (χ1v) is 6.05. The summed E-state index contributed by atoms with van der Waals surface area (Å²) in [6.07, 6.45) is 0. The summed E-state index contributed by atoms with van der Waals surface area (Å²) in [6.45, 7) is 0. The first-order valence-electron chi connectivity index (χ1n) is 3.74. The number of hydrogen-bond acceptors (Lipinski definition) is 4. The molecule has 0 amide bonds. The van der Waals surface area contributed by atoms with Gasteiger partial charge in [-0.2, -0.15) is 4.98 Å². The van der Waals surface area contributed by atoms with Gasteiger partial charge in [-0.05, 0) is 44.6 Å². The SMILES string of the molecule is Oc1nc(S)nc2c(F)c(Br)c(I)cc12. The zero-order valence-corrected chi connectivity index (χ0v) is 11.6. The number of halogens is 3. The number of fused-ring (bicyclic) bond motifs is 1. The van der Waals surface area contributed by atoms with E-state index in [-0.39, 0.29) is 21.9 Å². The van der Waals surface area contributed by atoms with Crippen molar-refractivity contribution < 1.29 is 9.50 Å². The van der Waals surface area contributed by atoms with Crippen molar-refractivity contribution in [1.82, 2.24) is 9.97 Å². The lowest BCUT2D eigenvalue weighted by Crippen LogP contribution is -1.93. The van der Waals surface area contributed by atoms with Crippen molar-refractivity contribution in [3.05, 3.63) is 19.9 Å². The van der Waals surface area contributed by atoms with Gasteiger partial charge in [-0.3, -0.25) is 0 Å². The van der Waals surface area contributed by atoms with Crippen LogP contribution in [0, 0.1) is 9.39 Å². The molecule has 0 unspecified atom stereocenters. The first-order chi connectivity index (χ1) is 7.00. The van der Waals surface area contributed by atoms with Crippen molar-refractivity contribution in [2.24, 2.45) is 0 Å². The highest BCUT2D eigenvalue weighted by Crippen LogP contribution is 2.32. The standard InChI is InChI=1S/C8H3BrFIN2OS/c9-4-3(11)1-2-6(5(4)10)12-8(15)13-7(2)14/h1H,(H2,12,13,14,15). The van der Waals surface area contributed by atoms with Gasteiger partial charge >= 0.3 is 0 Å². The average Bonchev–Trinajstić information content (AvgIpc) is 2.17. The molecule has 0 saturated heterocycles. The summed E-state index contributed by atoms with van der Waals surface area (Å²) in [4.78, 5) is 7.46. The topological polar surface area (TPSA) is 46.0 Å². The maximum absolute atomic E-state index is 13.7. The lowest BCUT2D eigenvalue weighted by Gasteiger charge is -2.05. The minimum absolute atomic E-state index is 0.0343. The van der Waals surface area contributed by atoms with E-state index in [1.165, 1.54) is 0 Å². The number of aromatic nitrogens is 2. The van der Waals surface area contributed by atoms with E-state index in [9.17, 15) is 9.50 Å². The predicted molar refractivity (Wildman–Crippen MR) is 68.8 cm³/mol. The summed E-state index contributed by atoms with van der Waals surface area (Å²) >= 11 is 8.92. The Morgan fingerprint density at radius 1 is 1.47 bits per heavy atom. The summed E-state index contributed by atoms with van der Waals surface area (Å²) in [5.74, 6) is -0.792. The molecule has 1 N–H and O–H groups in total. The highest BCUT2D eigenvalue weighted by atomic mass is 127. The number of aromatic hydroxyl groups is 1. The molecule has 3 nitrogen and oxygen atoms in total. The smallest absolute Gasteiger partial charge is 0.223 e. The van der Waals surface area contributed by atoms with Crippen LogP contribution >= 0.6 is 51.1 Å². The fraction of sp³-hybridized carbons (Fsp3) is 0. The van der Waals surface area contributed by atoms with Gasteiger partial charge in [-0.15, -0.1) is 12.6 Å². The van der Waals surface area contributed by atoms with Crippen LogP contribution in [0.2, 0.25) is 0 Å². The number of hydrogen-bond donors (Lipinski definition) is 2. The van der Waals surface area contributed by atoms with Crippen LogP contribution < -0.4 is 0 Å². The highest BCUT2D eigenvalue weighted by molar-refractivity contribution is 14.1. The Kier molecular flexibility index (Phi) is 3.04. The molecule has 78 valence electrons. The van der Waals surface area contributed by atoms with Crippen molar-refractivity contribution in [3.8, 4) is 5.88 Å². The molecule has 0 aliphatic carbocycles. The van der Waals surface area contributed by atoms with Crippen LogP contribution in [0.4, 0.5) is 4.39 Å². The Bertz CT molecular complexity index is 566. The van der Waals surface area contributed by atoms with E-state index in [1.807, 2.05) is 22.6 Å². The maximum Gasteiger partial charge on any atom is 0.223 e. The summed E-state index contributed by atoms with van der Waals surface area (Å²) in [5.41, 5.74) is 0.0554. The highest BCUT2D eigenvalue weighted by Gasteiger charge is 2.14. The van der Waals surface area contributed by atoms with E-state index in [2.05, 4.69) is 38.5 Å². The molecular formula is C8H3BrFIN2OS. The van der Waals surface area contributed by atoms with Crippen LogP contribution in [0.5, 0.6) is 5.88 Å². The largest absolute Gasteiger partial charge is 0.493 e. The van der Waals surface area contributed by atoms with Crippen molar-refractivity contribution in [2.75, 3.05) is 0 Å². The third-order valence-electron chi connectivity index (χ3n) is 1.80. The molecule has 1 heterocycles. The Morgan fingerprint density at radius 3 is 2.80 bits per heavy atom. The fourth-order valence-corrected chi connectivity index (χ4v) is 2.19. The molecule has 7 heteroatoms. The van der Waals surface area contributed by atoms with Gasteiger partial charge in [0.25, 0.3) is 0 Å². The molecule has 1 aromatic carbocycles. The third-order valence-corrected chi connectivity index (χ3v) is 4.36. The monoisotopic (exact) mass is 400 g/mol. The van der Waals surface area contributed by atoms with Gasteiger partial charge in [-0.25, -0.2) is 9.37 Å². The van der Waals surface area contributed by atoms with E-state index >= 15 is 0 Å². The second-order valence-corrected chi connectivity index (χ2v) is 5.08. The Labute approximate surface area is 112 Å². The van der Waals surface area contributed by atoms with Crippen LogP contribution in [0.3, 0.4) is 0 Å². The number of rotatable bonds is 0. The second kappa shape index (κ2) is 4.02. The van der Waals surface area contributed by atoms with Gasteiger partial charge in [0, 0.05) is 3.57 Å². The van der Waals surface area contributed by atoms with E-state index in [0.29, 0.717) is 8.04 Å². The van der Waals surface area contributed by atoms with Crippen LogP contribution in [-0.4, -0.2) is 15.1 Å². The molecule has 0 aliphatic heterocycles. The minimum Gasteiger partial charge on any atom is -0.493 e. The lowest BCUT2D eigenvalue weighted by molar-refractivity contribution is 0.453. The van der Waals surface area contributed by atoms with E-state index < -0.39 is 5.82 Å². The van der Waals surface area contributed by atoms with Crippen molar-refractivity contribution in [3.63, 3.8) is 0 Å². The molecule has 0 spiro atoms. The first kappa shape index (κ1) is 11.3. The van der Waals surface area contributed by atoms with Crippen molar-refractivity contribution >= 4 is 62.1 Å². The van der Waals surface area contributed by atoms with Gasteiger partial charge in [0.1, 0.15) is 5.52 Å². The molecule has 1 aromatic heterocycles. The third kappa shape index (κ3) is 1.92. The molecule has 0 aliphatic rings. The van der Waals surface area contributed by atoms with Gasteiger partial charge in [0.2, 0.25) is 5.88 Å².